The van der Waals surface area contributed by atoms with Gasteiger partial charge in [0.1, 0.15) is 5.69 Å². The highest BCUT2D eigenvalue weighted by atomic mass is 16.1. The summed E-state index contributed by atoms with van der Waals surface area (Å²) in [4.78, 5) is 33.7. The first-order chi connectivity index (χ1) is 12.6. The van der Waals surface area contributed by atoms with Gasteiger partial charge >= 0.3 is 0 Å². The Morgan fingerprint density at radius 2 is 1.77 bits per heavy atom. The number of rotatable bonds is 2. The van der Waals surface area contributed by atoms with Gasteiger partial charge < -0.3 is 0 Å². The molecule has 0 spiro atoms. The predicted molar refractivity (Wildman–Crippen MR) is 99.7 cm³/mol. The van der Waals surface area contributed by atoms with Crippen LogP contribution in [0.3, 0.4) is 0 Å². The smallest absolute Gasteiger partial charge is 0.288 e. The van der Waals surface area contributed by atoms with E-state index in [1.165, 1.54) is 6.08 Å². The molecule has 0 unspecified atom stereocenters. The zero-order valence-corrected chi connectivity index (χ0v) is 14.4. The monoisotopic (exact) mass is 344 g/mol. The maximum absolute atomic E-state index is 13.0. The van der Waals surface area contributed by atoms with E-state index in [0.29, 0.717) is 22.7 Å². The summed E-state index contributed by atoms with van der Waals surface area (Å²) in [6.07, 6.45) is 4.64. The fourth-order valence-electron chi connectivity index (χ4n) is 3.03. The lowest BCUT2D eigenvalue weighted by molar-refractivity contribution is 0.104. The first kappa shape index (κ1) is 16.0. The van der Waals surface area contributed by atoms with Gasteiger partial charge in [-0.1, -0.05) is 18.2 Å². The van der Waals surface area contributed by atoms with Crippen molar-refractivity contribution in [2.45, 2.75) is 6.92 Å². The number of para-hydroxylation sites is 1. The van der Waals surface area contributed by atoms with E-state index < -0.39 is 0 Å². The molecule has 0 atom stereocenters. The van der Waals surface area contributed by atoms with Crippen molar-refractivity contribution >= 4 is 17.2 Å². The van der Waals surface area contributed by atoms with Crippen molar-refractivity contribution in [1.29, 1.82) is 0 Å². The lowest BCUT2D eigenvalue weighted by atomic mass is 9.99. The second-order valence-electron chi connectivity index (χ2n) is 6.00. The maximum atomic E-state index is 13.0. The fraction of sp³-hybridized carbons (Fsp3) is 0.100. The molecule has 0 N–H and O–H groups in total. The third-order valence-electron chi connectivity index (χ3n) is 4.47. The zero-order valence-electron chi connectivity index (χ0n) is 14.4. The van der Waals surface area contributed by atoms with Gasteiger partial charge in [0, 0.05) is 18.8 Å². The van der Waals surface area contributed by atoms with Crippen molar-refractivity contribution in [3.05, 3.63) is 88.1 Å². The van der Waals surface area contributed by atoms with Crippen LogP contribution in [0.1, 0.15) is 21.7 Å². The van der Waals surface area contributed by atoms with Gasteiger partial charge in [0.15, 0.2) is 5.69 Å². The van der Waals surface area contributed by atoms with Crippen molar-refractivity contribution in [2.24, 2.45) is 12.0 Å². The molecule has 2 aromatic heterocycles. The Morgan fingerprint density at radius 3 is 2.54 bits per heavy atom. The molecule has 0 fully saturated rings. The van der Waals surface area contributed by atoms with Crippen molar-refractivity contribution in [3.63, 3.8) is 0 Å². The van der Waals surface area contributed by atoms with Crippen LogP contribution in [0.5, 0.6) is 0 Å². The summed E-state index contributed by atoms with van der Waals surface area (Å²) in [6, 6.07) is 12.9. The van der Waals surface area contributed by atoms with Crippen LogP contribution in [0.25, 0.3) is 5.69 Å². The lowest BCUT2D eigenvalue weighted by Gasteiger charge is -2.10. The van der Waals surface area contributed by atoms with Gasteiger partial charge in [0.25, 0.3) is 5.56 Å². The van der Waals surface area contributed by atoms with Gasteiger partial charge in [-0.05, 0) is 43.3 Å². The summed E-state index contributed by atoms with van der Waals surface area (Å²) in [5.41, 5.74) is 3.19. The number of benzene rings is 1. The molecule has 128 valence electrons. The Morgan fingerprint density at radius 1 is 1.00 bits per heavy atom. The highest BCUT2D eigenvalue weighted by Gasteiger charge is 2.21. The van der Waals surface area contributed by atoms with Crippen molar-refractivity contribution in [3.8, 4) is 5.69 Å². The van der Waals surface area contributed by atoms with Crippen LogP contribution >= 0.6 is 0 Å². The molecule has 1 aliphatic carbocycles. The molecular weight excluding hydrogens is 328 g/mol. The van der Waals surface area contributed by atoms with Crippen LogP contribution in [-0.2, 0) is 7.05 Å². The number of hydrogen-bond acceptors (Lipinski definition) is 4. The molecule has 0 bridgehead atoms. The number of carbonyl (C=O) groups is 1. The van der Waals surface area contributed by atoms with Gasteiger partial charge in [-0.2, -0.15) is 0 Å². The maximum Gasteiger partial charge on any atom is 0.297 e. The largest absolute Gasteiger partial charge is 0.297 e. The molecule has 1 aliphatic rings. The van der Waals surface area contributed by atoms with Crippen molar-refractivity contribution < 1.29 is 4.79 Å². The van der Waals surface area contributed by atoms with Gasteiger partial charge in [-0.3, -0.25) is 19.3 Å². The SMILES string of the molecule is Cc1c(N=C2C=CC(=O)c3ncccc32)c(=O)n(-c2ccccc2)n1C. The van der Waals surface area contributed by atoms with E-state index in [2.05, 4.69) is 9.98 Å². The normalized spacial score (nSPS) is 14.7. The first-order valence-electron chi connectivity index (χ1n) is 8.18. The summed E-state index contributed by atoms with van der Waals surface area (Å²) in [5, 5.41) is 0. The molecule has 3 aromatic rings. The highest BCUT2D eigenvalue weighted by molar-refractivity contribution is 6.23. The van der Waals surface area contributed by atoms with E-state index in [1.807, 2.05) is 44.3 Å². The Kier molecular flexibility index (Phi) is 3.73. The molecule has 6 heteroatoms. The third kappa shape index (κ3) is 2.43. The minimum atomic E-state index is -0.209. The van der Waals surface area contributed by atoms with Crippen molar-refractivity contribution in [2.75, 3.05) is 0 Å². The third-order valence-corrected chi connectivity index (χ3v) is 4.47. The lowest BCUT2D eigenvalue weighted by Crippen LogP contribution is -2.19. The minimum absolute atomic E-state index is 0.161. The molecule has 6 nitrogen and oxygen atoms in total. The number of carbonyl (C=O) groups excluding carboxylic acids is 1. The van der Waals surface area contributed by atoms with Gasteiger partial charge in [-0.25, -0.2) is 9.67 Å². The quantitative estimate of drug-likeness (QED) is 0.718. The number of hydrogen-bond donors (Lipinski definition) is 0. The van der Waals surface area contributed by atoms with E-state index in [4.69, 9.17) is 0 Å². The summed E-state index contributed by atoms with van der Waals surface area (Å²) in [7, 11) is 1.82. The van der Waals surface area contributed by atoms with Crippen LogP contribution in [-0.4, -0.2) is 25.8 Å². The predicted octanol–water partition coefficient (Wildman–Crippen LogP) is 2.75. The van der Waals surface area contributed by atoms with E-state index in [9.17, 15) is 9.59 Å². The van der Waals surface area contributed by atoms with E-state index in [0.717, 1.165) is 11.4 Å². The Balaban J connectivity index is 1.91. The second-order valence-corrected chi connectivity index (χ2v) is 6.00. The molecule has 0 saturated heterocycles. The molecular formula is C20H16N4O2. The van der Waals surface area contributed by atoms with Crippen LogP contribution < -0.4 is 5.56 Å². The zero-order chi connectivity index (χ0) is 18.3. The first-order valence-corrected chi connectivity index (χ1v) is 8.18. The molecule has 1 aromatic carbocycles. The number of pyridine rings is 1. The molecule has 26 heavy (non-hydrogen) atoms. The highest BCUT2D eigenvalue weighted by Crippen LogP contribution is 2.21. The minimum Gasteiger partial charge on any atom is -0.288 e. The number of nitrogens with zero attached hydrogens (tertiary/aromatic N) is 4. The van der Waals surface area contributed by atoms with Crippen LogP contribution in [0.4, 0.5) is 5.69 Å². The molecule has 0 radical (unpaired) electrons. The number of ketones is 1. The van der Waals surface area contributed by atoms with E-state index in [-0.39, 0.29) is 11.3 Å². The Bertz CT molecular complexity index is 1130. The standard InChI is InChI=1S/C20H16N4O2/c1-13-18(20(26)24(23(13)2)14-7-4-3-5-8-14)22-16-10-11-17(25)19-15(16)9-6-12-21-19/h3-12H,1-2H3. The number of fused-ring (bicyclic) bond motifs is 1. The van der Waals surface area contributed by atoms with Crippen LogP contribution in [0.15, 0.2) is 70.6 Å². The number of aliphatic imine (C=N–C) groups is 1. The summed E-state index contributed by atoms with van der Waals surface area (Å²) >= 11 is 0. The summed E-state index contributed by atoms with van der Waals surface area (Å²) in [6.45, 7) is 1.85. The van der Waals surface area contributed by atoms with Crippen LogP contribution in [0.2, 0.25) is 0 Å². The molecule has 0 aliphatic heterocycles. The average molecular weight is 344 g/mol. The second kappa shape index (κ2) is 6.07. The average Bonchev–Trinajstić information content (AvgIpc) is 2.88. The van der Waals surface area contributed by atoms with E-state index in [1.54, 1.807) is 33.8 Å². The van der Waals surface area contributed by atoms with Gasteiger partial charge in [0.05, 0.1) is 17.1 Å². The topological polar surface area (TPSA) is 69.2 Å². The summed E-state index contributed by atoms with van der Waals surface area (Å²) < 4.78 is 3.36. The van der Waals surface area contributed by atoms with Crippen LogP contribution in [0, 0.1) is 6.92 Å². The Labute approximate surface area is 149 Å². The van der Waals surface area contributed by atoms with E-state index >= 15 is 0 Å². The van der Waals surface area contributed by atoms with Crippen molar-refractivity contribution in [1.82, 2.24) is 14.3 Å². The molecule has 4 rings (SSSR count). The summed E-state index contributed by atoms with van der Waals surface area (Å²) in [5.74, 6) is -0.161. The number of allylic oxidation sites excluding steroid dienone is 2. The van der Waals surface area contributed by atoms with Gasteiger partial charge in [-0.15, -0.1) is 0 Å². The molecule has 0 amide bonds. The molecule has 2 heterocycles. The fourth-order valence-corrected chi connectivity index (χ4v) is 3.03. The molecule has 0 saturated carbocycles. The Hall–Kier alpha value is -3.54. The number of aromatic nitrogens is 3. The van der Waals surface area contributed by atoms with Gasteiger partial charge in [0.2, 0.25) is 5.78 Å².